The largest absolute Gasteiger partial charge is 0.383 e. The van der Waals surface area contributed by atoms with E-state index in [1.54, 1.807) is 18.2 Å². The SMILES string of the molecule is O=C(/C=C/c1ccc(Cl)cc1)NCCNc1cccc2ccccc12. The van der Waals surface area contributed by atoms with Gasteiger partial charge in [-0.05, 0) is 35.2 Å². The molecule has 3 aromatic rings. The molecule has 0 aliphatic heterocycles. The number of rotatable bonds is 6. The van der Waals surface area contributed by atoms with Gasteiger partial charge in [-0.1, -0.05) is 60.1 Å². The van der Waals surface area contributed by atoms with Gasteiger partial charge < -0.3 is 10.6 Å². The minimum absolute atomic E-state index is 0.116. The van der Waals surface area contributed by atoms with Crippen molar-refractivity contribution in [2.75, 3.05) is 18.4 Å². The van der Waals surface area contributed by atoms with Crippen LogP contribution >= 0.6 is 11.6 Å². The van der Waals surface area contributed by atoms with Crippen molar-refractivity contribution in [1.82, 2.24) is 5.32 Å². The van der Waals surface area contributed by atoms with Crippen LogP contribution in [0.15, 0.2) is 72.8 Å². The summed E-state index contributed by atoms with van der Waals surface area (Å²) in [6, 6.07) is 21.7. The molecular weight excluding hydrogens is 332 g/mol. The average molecular weight is 351 g/mol. The Hall–Kier alpha value is -2.78. The number of fused-ring (bicyclic) bond motifs is 1. The molecule has 0 heterocycles. The van der Waals surface area contributed by atoms with Crippen molar-refractivity contribution >= 4 is 40.0 Å². The van der Waals surface area contributed by atoms with E-state index in [0.717, 1.165) is 11.3 Å². The molecule has 0 atom stereocenters. The third-order valence-electron chi connectivity index (χ3n) is 3.83. The molecule has 0 radical (unpaired) electrons. The van der Waals surface area contributed by atoms with Crippen LogP contribution < -0.4 is 10.6 Å². The number of halogens is 1. The zero-order valence-electron chi connectivity index (χ0n) is 13.7. The Morgan fingerprint density at radius 2 is 1.68 bits per heavy atom. The molecule has 25 heavy (non-hydrogen) atoms. The molecule has 3 rings (SSSR count). The smallest absolute Gasteiger partial charge is 0.244 e. The van der Waals surface area contributed by atoms with Crippen molar-refractivity contribution < 1.29 is 4.79 Å². The topological polar surface area (TPSA) is 41.1 Å². The number of anilines is 1. The summed E-state index contributed by atoms with van der Waals surface area (Å²) in [4.78, 5) is 11.9. The number of benzene rings is 3. The van der Waals surface area contributed by atoms with E-state index in [-0.39, 0.29) is 5.91 Å². The minimum atomic E-state index is -0.116. The molecule has 2 N–H and O–H groups in total. The van der Waals surface area contributed by atoms with Crippen molar-refractivity contribution in [3.8, 4) is 0 Å². The molecule has 3 nitrogen and oxygen atoms in total. The van der Waals surface area contributed by atoms with Crippen LogP contribution in [-0.4, -0.2) is 19.0 Å². The lowest BCUT2D eigenvalue weighted by Crippen LogP contribution is -2.27. The van der Waals surface area contributed by atoms with Crippen LogP contribution in [0, 0.1) is 0 Å². The lowest BCUT2D eigenvalue weighted by molar-refractivity contribution is -0.116. The molecule has 0 saturated carbocycles. The zero-order chi connectivity index (χ0) is 17.5. The fraction of sp³-hybridized carbons (Fsp3) is 0.0952. The maximum absolute atomic E-state index is 11.9. The molecule has 0 fully saturated rings. The van der Waals surface area contributed by atoms with Crippen molar-refractivity contribution in [3.63, 3.8) is 0 Å². The highest BCUT2D eigenvalue weighted by Crippen LogP contribution is 2.22. The Bertz CT molecular complexity index is 883. The predicted octanol–water partition coefficient (Wildman–Crippen LogP) is 4.73. The fourth-order valence-electron chi connectivity index (χ4n) is 2.57. The number of amides is 1. The van der Waals surface area contributed by atoms with Crippen LogP contribution in [0.2, 0.25) is 5.02 Å². The highest BCUT2D eigenvalue weighted by Gasteiger charge is 2.00. The fourth-order valence-corrected chi connectivity index (χ4v) is 2.69. The van der Waals surface area contributed by atoms with Crippen molar-refractivity contribution in [2.24, 2.45) is 0 Å². The second-order valence-electron chi connectivity index (χ2n) is 5.63. The quantitative estimate of drug-likeness (QED) is 0.498. The Balaban J connectivity index is 1.48. The predicted molar refractivity (Wildman–Crippen MR) is 106 cm³/mol. The average Bonchev–Trinajstić information content (AvgIpc) is 2.65. The van der Waals surface area contributed by atoms with Gasteiger partial charge in [0, 0.05) is 35.3 Å². The van der Waals surface area contributed by atoms with E-state index in [9.17, 15) is 4.79 Å². The highest BCUT2D eigenvalue weighted by molar-refractivity contribution is 6.30. The van der Waals surface area contributed by atoms with Crippen molar-refractivity contribution in [2.45, 2.75) is 0 Å². The summed E-state index contributed by atoms with van der Waals surface area (Å²) in [6.07, 6.45) is 3.30. The third kappa shape index (κ3) is 4.85. The lowest BCUT2D eigenvalue weighted by atomic mass is 10.1. The number of carbonyl (C=O) groups is 1. The van der Waals surface area contributed by atoms with Crippen LogP contribution in [0.25, 0.3) is 16.8 Å². The molecular formula is C21H19ClN2O. The van der Waals surface area contributed by atoms with Gasteiger partial charge >= 0.3 is 0 Å². The Labute approximate surface area is 152 Å². The van der Waals surface area contributed by atoms with Crippen LogP contribution in [0.3, 0.4) is 0 Å². The monoisotopic (exact) mass is 350 g/mol. The number of carbonyl (C=O) groups excluding carboxylic acids is 1. The highest BCUT2D eigenvalue weighted by atomic mass is 35.5. The van der Waals surface area contributed by atoms with Crippen LogP contribution in [0.4, 0.5) is 5.69 Å². The van der Waals surface area contributed by atoms with E-state index in [4.69, 9.17) is 11.6 Å². The van der Waals surface area contributed by atoms with E-state index >= 15 is 0 Å². The van der Waals surface area contributed by atoms with Crippen molar-refractivity contribution in [1.29, 1.82) is 0 Å². The van der Waals surface area contributed by atoms with Gasteiger partial charge in [0.1, 0.15) is 0 Å². The molecule has 3 aromatic carbocycles. The summed E-state index contributed by atoms with van der Waals surface area (Å²) in [7, 11) is 0. The van der Waals surface area contributed by atoms with E-state index < -0.39 is 0 Å². The van der Waals surface area contributed by atoms with Crippen LogP contribution in [-0.2, 0) is 4.79 Å². The van der Waals surface area contributed by atoms with E-state index in [0.29, 0.717) is 18.1 Å². The molecule has 0 aromatic heterocycles. The molecule has 1 amide bonds. The Kier molecular flexibility index (Phi) is 5.70. The molecule has 0 aliphatic carbocycles. The van der Waals surface area contributed by atoms with Gasteiger partial charge in [0.15, 0.2) is 0 Å². The summed E-state index contributed by atoms with van der Waals surface area (Å²) >= 11 is 5.84. The molecule has 0 spiro atoms. The van der Waals surface area contributed by atoms with Crippen LogP contribution in [0.1, 0.15) is 5.56 Å². The van der Waals surface area contributed by atoms with Gasteiger partial charge in [-0.2, -0.15) is 0 Å². The van der Waals surface area contributed by atoms with Gasteiger partial charge in [-0.15, -0.1) is 0 Å². The summed E-state index contributed by atoms with van der Waals surface area (Å²) < 4.78 is 0. The molecule has 4 heteroatoms. The standard InChI is InChI=1S/C21H19ClN2O/c22-18-11-8-16(9-12-18)10-13-21(25)24-15-14-23-20-7-3-5-17-4-1-2-6-19(17)20/h1-13,23H,14-15H2,(H,24,25)/b13-10+. The summed E-state index contributed by atoms with van der Waals surface area (Å²) in [5.74, 6) is -0.116. The third-order valence-corrected chi connectivity index (χ3v) is 4.08. The zero-order valence-corrected chi connectivity index (χ0v) is 14.5. The maximum atomic E-state index is 11.9. The van der Waals surface area contributed by atoms with Gasteiger partial charge in [-0.25, -0.2) is 0 Å². The van der Waals surface area contributed by atoms with Gasteiger partial charge in [0.2, 0.25) is 5.91 Å². The first-order valence-corrected chi connectivity index (χ1v) is 8.53. The second kappa shape index (κ2) is 8.36. The van der Waals surface area contributed by atoms with Crippen molar-refractivity contribution in [3.05, 3.63) is 83.4 Å². The first kappa shape index (κ1) is 17.1. The van der Waals surface area contributed by atoms with Crippen LogP contribution in [0.5, 0.6) is 0 Å². The first-order valence-electron chi connectivity index (χ1n) is 8.15. The van der Waals surface area contributed by atoms with E-state index in [2.05, 4.69) is 28.8 Å². The molecule has 126 valence electrons. The van der Waals surface area contributed by atoms with E-state index in [1.165, 1.54) is 16.8 Å². The van der Waals surface area contributed by atoms with E-state index in [1.807, 2.05) is 36.4 Å². The normalized spacial score (nSPS) is 10.9. The summed E-state index contributed by atoms with van der Waals surface area (Å²) in [5.41, 5.74) is 2.01. The Morgan fingerprint density at radius 3 is 2.52 bits per heavy atom. The lowest BCUT2D eigenvalue weighted by Gasteiger charge is -2.10. The Morgan fingerprint density at radius 1 is 0.920 bits per heavy atom. The number of hydrogen-bond donors (Lipinski definition) is 2. The first-order chi connectivity index (χ1) is 12.2. The molecule has 0 saturated heterocycles. The second-order valence-corrected chi connectivity index (χ2v) is 6.07. The maximum Gasteiger partial charge on any atom is 0.244 e. The van der Waals surface area contributed by atoms with Gasteiger partial charge in [-0.3, -0.25) is 4.79 Å². The molecule has 0 unspecified atom stereocenters. The number of nitrogens with one attached hydrogen (secondary N) is 2. The van der Waals surface area contributed by atoms with Gasteiger partial charge in [0.25, 0.3) is 0 Å². The minimum Gasteiger partial charge on any atom is -0.383 e. The van der Waals surface area contributed by atoms with Gasteiger partial charge in [0.05, 0.1) is 0 Å². The summed E-state index contributed by atoms with van der Waals surface area (Å²) in [6.45, 7) is 1.21. The summed E-state index contributed by atoms with van der Waals surface area (Å²) in [5, 5.41) is 9.30. The molecule has 0 aliphatic rings. The molecule has 0 bridgehead atoms. The number of hydrogen-bond acceptors (Lipinski definition) is 2.